The number of nitrogens with zero attached hydrogens (tertiary/aromatic N) is 4. The molecule has 4 aliphatic heterocycles. The molecule has 0 unspecified atom stereocenters. The van der Waals surface area contributed by atoms with Crippen LogP contribution in [0.15, 0.2) is 146 Å². The number of carbonyl (C=O) groups excluding carboxylic acids is 8. The van der Waals surface area contributed by atoms with Crippen molar-refractivity contribution in [3.63, 3.8) is 0 Å². The van der Waals surface area contributed by atoms with Crippen molar-refractivity contribution >= 4 is 70.0 Å². The van der Waals surface area contributed by atoms with Crippen LogP contribution in [0.4, 0.5) is 22.7 Å². The number of amides is 8. The minimum atomic E-state index is -0.383. The molecule has 0 N–H and O–H groups in total. The van der Waals surface area contributed by atoms with Crippen LogP contribution in [0.25, 0.3) is 11.1 Å². The van der Waals surface area contributed by atoms with Crippen LogP contribution < -0.4 is 19.6 Å². The maximum atomic E-state index is 13.0. The Morgan fingerprint density at radius 2 is 0.474 bits per heavy atom. The lowest BCUT2D eigenvalue weighted by atomic mass is 9.80. The predicted molar refractivity (Wildman–Crippen MR) is 303 cm³/mol. The molecule has 0 saturated carbocycles. The summed E-state index contributed by atoms with van der Waals surface area (Å²) in [5.41, 5.74) is 16.4. The number of anilines is 4. The van der Waals surface area contributed by atoms with Crippen molar-refractivity contribution in [2.45, 2.75) is 92.9 Å². The van der Waals surface area contributed by atoms with E-state index in [4.69, 9.17) is 0 Å². The maximum absolute atomic E-state index is 13.0. The molecule has 6 aromatic carbocycles. The number of rotatable bonds is 15. The van der Waals surface area contributed by atoms with Gasteiger partial charge in [0.2, 0.25) is 0 Å². The van der Waals surface area contributed by atoms with Crippen LogP contribution in [0.2, 0.25) is 0 Å². The highest BCUT2D eigenvalue weighted by Crippen LogP contribution is 2.44. The van der Waals surface area contributed by atoms with Crippen LogP contribution in [0.3, 0.4) is 0 Å². The summed E-state index contributed by atoms with van der Waals surface area (Å²) < 4.78 is 0. The molecule has 390 valence electrons. The zero-order valence-electron chi connectivity index (χ0n) is 44.9. The molecule has 0 fully saturated rings. The van der Waals surface area contributed by atoms with Crippen LogP contribution in [-0.2, 0) is 64.0 Å². The van der Waals surface area contributed by atoms with Crippen molar-refractivity contribution in [1.82, 2.24) is 0 Å². The average Bonchev–Trinajstić information content (AvgIpc) is 4.30. The lowest BCUT2D eigenvalue weighted by Gasteiger charge is -2.27. The standard InChI is InChI=1S/C66H58N4O8/c1-9-41-33-49(29-37(5)63(41)67-53(71)21-22-54(67)72)61(50-30-38(6)64(42(10-2)34-50)68-55(73)23-24-56(68)74)47-17-13-45(14-18-47)46-15-19-48(20-16-46)62(51-31-39(7)65(43(11-3)35-51)69-57(75)25-26-58(69)76)52-32-40(8)66(44(12-4)36-52)70-59(77)27-28-60(70)78/h13-36,61-62H,9-12H2,1-8H3. The molecular weight excluding hydrogens is 977 g/mol. The Morgan fingerprint density at radius 3 is 0.654 bits per heavy atom. The van der Waals surface area contributed by atoms with E-state index in [0.717, 1.165) is 89.0 Å². The molecular formula is C66H58N4O8. The molecule has 78 heavy (non-hydrogen) atoms. The van der Waals surface area contributed by atoms with Gasteiger partial charge in [-0.15, -0.1) is 0 Å². The van der Waals surface area contributed by atoms with E-state index < -0.39 is 0 Å². The normalized spacial score (nSPS) is 15.3. The summed E-state index contributed by atoms with van der Waals surface area (Å²) in [6.45, 7) is 15.7. The average molecular weight is 1040 g/mol. The van der Waals surface area contributed by atoms with E-state index in [2.05, 4.69) is 72.8 Å². The first kappa shape index (κ1) is 52.3. The predicted octanol–water partition coefficient (Wildman–Crippen LogP) is 10.9. The largest absolute Gasteiger partial charge is 0.269 e. The van der Waals surface area contributed by atoms with Crippen molar-refractivity contribution < 1.29 is 38.4 Å². The van der Waals surface area contributed by atoms with E-state index in [1.807, 2.05) is 79.7 Å². The Hall–Kier alpha value is -9.16. The van der Waals surface area contributed by atoms with Gasteiger partial charge >= 0.3 is 0 Å². The quantitative estimate of drug-likeness (QED) is 0.0729. The third-order valence-corrected chi connectivity index (χ3v) is 15.4. The second-order valence-corrected chi connectivity index (χ2v) is 20.3. The van der Waals surface area contributed by atoms with Crippen LogP contribution >= 0.6 is 0 Å². The second-order valence-electron chi connectivity index (χ2n) is 20.3. The molecule has 10 rings (SSSR count). The summed E-state index contributed by atoms with van der Waals surface area (Å²) in [6, 6.07) is 33.3. The molecule has 0 atom stereocenters. The second kappa shape index (κ2) is 20.8. The molecule has 0 bridgehead atoms. The number of hydrogen-bond acceptors (Lipinski definition) is 8. The van der Waals surface area contributed by atoms with Gasteiger partial charge in [-0.2, -0.15) is 0 Å². The Labute approximate surface area is 453 Å². The van der Waals surface area contributed by atoms with Gasteiger partial charge in [-0.1, -0.05) is 125 Å². The highest BCUT2D eigenvalue weighted by molar-refractivity contribution is 6.31. The SMILES string of the molecule is CCc1cc(C(c2ccc(-c3ccc(C(c4cc(C)c(N5C(=O)C=CC5=O)c(CC)c4)c4cc(C)c(N5C(=O)C=CC5=O)c(CC)c4)cc3)cc2)c2cc(C)c(N3C(=O)C=CC3=O)c(CC)c2)cc(C)c1N1C(=O)C=CC1=O. The first-order valence-electron chi connectivity index (χ1n) is 26.4. The van der Waals surface area contributed by atoms with Crippen LogP contribution in [0.5, 0.6) is 0 Å². The highest BCUT2D eigenvalue weighted by Gasteiger charge is 2.35. The molecule has 0 spiro atoms. The highest BCUT2D eigenvalue weighted by atomic mass is 16.2. The Balaban J connectivity index is 1.06. The fraction of sp³-hybridized carbons (Fsp3) is 0.212. The van der Waals surface area contributed by atoms with Crippen molar-refractivity contribution in [1.29, 1.82) is 0 Å². The number of carbonyl (C=O) groups is 8. The molecule has 4 heterocycles. The molecule has 6 aromatic rings. The van der Waals surface area contributed by atoms with Crippen molar-refractivity contribution in [2.24, 2.45) is 0 Å². The number of hydrogen-bond donors (Lipinski definition) is 0. The summed E-state index contributed by atoms with van der Waals surface area (Å²) in [5, 5.41) is 0. The topological polar surface area (TPSA) is 150 Å². The smallest absolute Gasteiger partial charge is 0.258 e. The van der Waals surface area contributed by atoms with Crippen molar-refractivity contribution in [3.05, 3.63) is 224 Å². The van der Waals surface area contributed by atoms with Gasteiger partial charge in [0.05, 0.1) is 22.7 Å². The third-order valence-electron chi connectivity index (χ3n) is 15.4. The van der Waals surface area contributed by atoms with E-state index in [9.17, 15) is 38.4 Å². The van der Waals surface area contributed by atoms with Crippen LogP contribution in [0.1, 0.15) is 117 Å². The molecule has 8 amide bonds. The zero-order chi connectivity index (χ0) is 55.4. The van der Waals surface area contributed by atoms with E-state index in [-0.39, 0.29) is 59.1 Å². The number of benzene rings is 6. The number of aryl methyl sites for hydroxylation is 8. The summed E-state index contributed by atoms with van der Waals surface area (Å²) in [4.78, 5) is 109. The summed E-state index contributed by atoms with van der Waals surface area (Å²) in [5.74, 6) is -3.75. The summed E-state index contributed by atoms with van der Waals surface area (Å²) in [6.07, 6.45) is 12.6. The van der Waals surface area contributed by atoms with Gasteiger partial charge < -0.3 is 0 Å². The summed E-state index contributed by atoms with van der Waals surface area (Å²) >= 11 is 0. The molecule has 0 aromatic heterocycles. The Kier molecular flexibility index (Phi) is 13.9. The zero-order valence-corrected chi connectivity index (χ0v) is 44.9. The Bertz CT molecular complexity index is 3230. The molecule has 12 nitrogen and oxygen atoms in total. The lowest BCUT2D eigenvalue weighted by molar-refractivity contribution is -0.121. The molecule has 0 saturated heterocycles. The summed E-state index contributed by atoms with van der Waals surface area (Å²) in [7, 11) is 0. The van der Waals surface area contributed by atoms with Crippen LogP contribution in [-0.4, -0.2) is 47.3 Å². The van der Waals surface area contributed by atoms with Gasteiger partial charge in [0, 0.05) is 60.4 Å². The molecule has 0 radical (unpaired) electrons. The van der Waals surface area contributed by atoms with Crippen LogP contribution in [0, 0.1) is 27.7 Å². The first-order valence-corrected chi connectivity index (χ1v) is 26.4. The third kappa shape index (κ3) is 9.06. The molecule has 4 aliphatic rings. The van der Waals surface area contributed by atoms with Gasteiger partial charge in [0.15, 0.2) is 0 Å². The van der Waals surface area contributed by atoms with Crippen molar-refractivity contribution in [2.75, 3.05) is 19.6 Å². The van der Waals surface area contributed by atoms with Gasteiger partial charge in [0.25, 0.3) is 47.3 Å². The fourth-order valence-electron chi connectivity index (χ4n) is 11.9. The van der Waals surface area contributed by atoms with Gasteiger partial charge in [-0.3, -0.25) is 38.4 Å². The molecule has 12 heteroatoms. The van der Waals surface area contributed by atoms with Gasteiger partial charge in [-0.05, 0) is 142 Å². The van der Waals surface area contributed by atoms with E-state index >= 15 is 0 Å². The van der Waals surface area contributed by atoms with E-state index in [0.29, 0.717) is 48.4 Å². The number of imide groups is 4. The fourth-order valence-corrected chi connectivity index (χ4v) is 11.9. The maximum Gasteiger partial charge on any atom is 0.258 e. The minimum Gasteiger partial charge on any atom is -0.269 e. The lowest BCUT2D eigenvalue weighted by Crippen LogP contribution is -2.31. The Morgan fingerprint density at radius 1 is 0.282 bits per heavy atom. The molecule has 0 aliphatic carbocycles. The van der Waals surface area contributed by atoms with Crippen molar-refractivity contribution in [3.8, 4) is 11.1 Å². The van der Waals surface area contributed by atoms with Gasteiger partial charge in [-0.25, -0.2) is 19.6 Å². The van der Waals surface area contributed by atoms with Gasteiger partial charge in [0.1, 0.15) is 0 Å². The minimum absolute atomic E-state index is 0.342. The van der Waals surface area contributed by atoms with E-state index in [1.54, 1.807) is 0 Å². The first-order chi connectivity index (χ1) is 37.5. The van der Waals surface area contributed by atoms with E-state index in [1.165, 1.54) is 68.2 Å². The monoisotopic (exact) mass is 1030 g/mol.